The van der Waals surface area contributed by atoms with Crippen molar-refractivity contribution in [2.24, 2.45) is 0 Å². The van der Waals surface area contributed by atoms with Crippen molar-refractivity contribution < 1.29 is 24.3 Å². The molecule has 210 valence electrons. The number of carboxylic acids is 1. The molecule has 1 atom stereocenters. The summed E-state index contributed by atoms with van der Waals surface area (Å²) in [6.45, 7) is 8.12. The second-order valence-corrected chi connectivity index (χ2v) is 9.95. The molecule has 2 aromatic carbocycles. The number of carbonyl (C=O) groups is 4. The molecular formula is C30H35N5O5. The maximum absolute atomic E-state index is 13.3. The maximum atomic E-state index is 13.3. The third kappa shape index (κ3) is 6.69. The van der Waals surface area contributed by atoms with E-state index in [9.17, 15) is 19.2 Å². The van der Waals surface area contributed by atoms with Gasteiger partial charge in [0.05, 0.1) is 16.8 Å². The van der Waals surface area contributed by atoms with Crippen LogP contribution in [-0.2, 0) is 9.59 Å². The van der Waals surface area contributed by atoms with Gasteiger partial charge in [-0.05, 0) is 31.4 Å². The molecule has 40 heavy (non-hydrogen) atoms. The summed E-state index contributed by atoms with van der Waals surface area (Å²) in [5, 5.41) is 14.8. The Bertz CT molecular complexity index is 1400. The number of anilines is 1. The van der Waals surface area contributed by atoms with Crippen LogP contribution in [0.1, 0.15) is 48.5 Å². The van der Waals surface area contributed by atoms with Gasteiger partial charge in [-0.1, -0.05) is 55.5 Å². The first-order chi connectivity index (χ1) is 19.3. The summed E-state index contributed by atoms with van der Waals surface area (Å²) in [6, 6.07) is 14.5. The predicted molar refractivity (Wildman–Crippen MR) is 154 cm³/mol. The number of aromatic nitrogens is 1. The molecule has 0 saturated carbocycles. The smallest absolute Gasteiger partial charge is 0.319 e. The number of unbranched alkanes of at least 4 members (excludes halogenated alkanes) is 2. The van der Waals surface area contributed by atoms with Crippen molar-refractivity contribution in [3.63, 3.8) is 0 Å². The zero-order chi connectivity index (χ0) is 28.6. The largest absolute Gasteiger partial charge is 0.481 e. The van der Waals surface area contributed by atoms with Gasteiger partial charge in [0.15, 0.2) is 0 Å². The lowest BCUT2D eigenvalue weighted by atomic mass is 10.0. The van der Waals surface area contributed by atoms with Crippen LogP contribution in [0.3, 0.4) is 0 Å². The van der Waals surface area contributed by atoms with E-state index < -0.39 is 23.7 Å². The minimum Gasteiger partial charge on any atom is -0.481 e. The van der Waals surface area contributed by atoms with E-state index in [1.165, 1.54) is 6.20 Å². The highest BCUT2D eigenvalue weighted by Gasteiger charge is 2.33. The normalized spacial score (nSPS) is 15.1. The van der Waals surface area contributed by atoms with Gasteiger partial charge < -0.3 is 30.5 Å². The Kier molecular flexibility index (Phi) is 9.21. The Morgan fingerprint density at radius 3 is 2.52 bits per heavy atom. The fourth-order valence-electron chi connectivity index (χ4n) is 4.96. The molecule has 1 aliphatic heterocycles. The van der Waals surface area contributed by atoms with Crippen LogP contribution in [0.2, 0.25) is 0 Å². The van der Waals surface area contributed by atoms with E-state index in [0.29, 0.717) is 62.0 Å². The van der Waals surface area contributed by atoms with Crippen LogP contribution in [0.25, 0.3) is 16.6 Å². The first-order valence-corrected chi connectivity index (χ1v) is 13.5. The molecule has 1 aliphatic rings. The number of fused-ring (bicyclic) bond motifs is 1. The fourth-order valence-corrected chi connectivity index (χ4v) is 4.96. The average Bonchev–Trinajstić information content (AvgIpc) is 3.39. The minimum absolute atomic E-state index is 0.115. The molecule has 10 heteroatoms. The Hall–Kier alpha value is -4.60. The SMILES string of the molecule is C=C(c1ccccc1)N1CCN(C(=O)C(=O)c2c[nH]c3c(NC(=O)NCCCCCC(=O)O)cccc23)[C@H](C)C1. The number of benzene rings is 2. The molecule has 0 spiro atoms. The van der Waals surface area contributed by atoms with Crippen LogP contribution in [0.4, 0.5) is 10.5 Å². The van der Waals surface area contributed by atoms with E-state index in [4.69, 9.17) is 5.11 Å². The number of H-pyrrole nitrogens is 1. The standard InChI is InChI=1S/C30H35N5O5/c1-20-19-34(21(2)22-10-5-3-6-11-22)16-17-35(20)29(39)28(38)24-18-32-27-23(24)12-9-13-25(27)33-30(40)31-15-8-4-7-14-26(36)37/h3,5-6,9-13,18,20,32H,2,4,7-8,14-17,19H2,1H3,(H,36,37)(H2,31,33,40)/t20-/m1/s1. The Labute approximate surface area is 233 Å². The number of nitrogens with zero attached hydrogens (tertiary/aromatic N) is 2. The summed E-state index contributed by atoms with van der Waals surface area (Å²) in [5.41, 5.74) is 3.20. The number of urea groups is 1. The van der Waals surface area contributed by atoms with E-state index in [-0.39, 0.29) is 18.0 Å². The van der Waals surface area contributed by atoms with Crippen molar-refractivity contribution in [3.05, 3.63) is 72.4 Å². The van der Waals surface area contributed by atoms with Crippen LogP contribution in [-0.4, -0.2) is 75.8 Å². The molecule has 1 saturated heterocycles. The summed E-state index contributed by atoms with van der Waals surface area (Å²) in [4.78, 5) is 56.4. The minimum atomic E-state index is -0.827. The molecule has 1 fully saturated rings. The monoisotopic (exact) mass is 545 g/mol. The van der Waals surface area contributed by atoms with Gasteiger partial charge in [0.2, 0.25) is 0 Å². The molecule has 0 aliphatic carbocycles. The molecule has 4 rings (SSSR count). The molecule has 3 amide bonds. The number of piperazine rings is 1. The van der Waals surface area contributed by atoms with Crippen molar-refractivity contribution >= 4 is 46.0 Å². The van der Waals surface area contributed by atoms with Crippen molar-refractivity contribution in [3.8, 4) is 0 Å². The summed E-state index contributed by atoms with van der Waals surface area (Å²) in [7, 11) is 0. The number of hydrogen-bond donors (Lipinski definition) is 4. The van der Waals surface area contributed by atoms with E-state index in [1.54, 1.807) is 23.1 Å². The van der Waals surface area contributed by atoms with Gasteiger partial charge in [0.1, 0.15) is 0 Å². The molecule has 10 nitrogen and oxygen atoms in total. The molecule has 0 bridgehead atoms. The van der Waals surface area contributed by atoms with Crippen molar-refractivity contribution in [1.82, 2.24) is 20.1 Å². The van der Waals surface area contributed by atoms with Crippen LogP contribution < -0.4 is 10.6 Å². The average molecular weight is 546 g/mol. The topological polar surface area (TPSA) is 135 Å². The number of carboxylic acid groups (broad SMARTS) is 1. The van der Waals surface area contributed by atoms with Gasteiger partial charge in [-0.15, -0.1) is 0 Å². The van der Waals surface area contributed by atoms with Crippen LogP contribution in [0.5, 0.6) is 0 Å². The first kappa shape index (κ1) is 28.4. The lowest BCUT2D eigenvalue weighted by molar-refractivity contribution is -0.137. The Balaban J connectivity index is 1.36. The van der Waals surface area contributed by atoms with Crippen molar-refractivity contribution in [2.45, 2.75) is 38.6 Å². The lowest BCUT2D eigenvalue weighted by Gasteiger charge is -2.41. The zero-order valence-electron chi connectivity index (χ0n) is 22.6. The summed E-state index contributed by atoms with van der Waals surface area (Å²) in [6.07, 6.45) is 3.56. The van der Waals surface area contributed by atoms with E-state index >= 15 is 0 Å². The Morgan fingerprint density at radius 2 is 1.80 bits per heavy atom. The number of carbonyl (C=O) groups excluding carboxylic acids is 3. The predicted octanol–water partition coefficient (Wildman–Crippen LogP) is 4.32. The van der Waals surface area contributed by atoms with Crippen molar-refractivity contribution in [1.29, 1.82) is 0 Å². The molecule has 0 unspecified atom stereocenters. The molecule has 2 heterocycles. The summed E-state index contributed by atoms with van der Waals surface area (Å²) in [5.74, 6) is -1.99. The first-order valence-electron chi connectivity index (χ1n) is 13.5. The number of nitrogens with one attached hydrogen (secondary N) is 3. The van der Waals surface area contributed by atoms with Crippen LogP contribution in [0.15, 0.2) is 61.3 Å². The van der Waals surface area contributed by atoms with Gasteiger partial charge >= 0.3 is 12.0 Å². The highest BCUT2D eigenvalue weighted by molar-refractivity contribution is 6.45. The molecule has 0 radical (unpaired) electrons. The van der Waals surface area contributed by atoms with Gasteiger partial charge in [0, 0.05) is 55.9 Å². The maximum Gasteiger partial charge on any atom is 0.319 e. The second-order valence-electron chi connectivity index (χ2n) is 9.95. The van der Waals surface area contributed by atoms with Gasteiger partial charge in [-0.25, -0.2) is 4.79 Å². The van der Waals surface area contributed by atoms with E-state index in [1.807, 2.05) is 37.3 Å². The van der Waals surface area contributed by atoms with Gasteiger partial charge in [-0.3, -0.25) is 14.4 Å². The molecule has 3 aromatic rings. The number of rotatable bonds is 11. The molecule has 4 N–H and O–H groups in total. The fraction of sp³-hybridized carbons (Fsp3) is 0.333. The number of amides is 3. The van der Waals surface area contributed by atoms with E-state index in [2.05, 4.69) is 27.1 Å². The molecule has 1 aromatic heterocycles. The number of ketones is 1. The highest BCUT2D eigenvalue weighted by Crippen LogP contribution is 2.27. The quantitative estimate of drug-likeness (QED) is 0.161. The van der Waals surface area contributed by atoms with Crippen LogP contribution >= 0.6 is 0 Å². The van der Waals surface area contributed by atoms with Crippen LogP contribution in [0, 0.1) is 0 Å². The lowest BCUT2D eigenvalue weighted by Crippen LogP contribution is -2.54. The summed E-state index contributed by atoms with van der Waals surface area (Å²) >= 11 is 0. The number of aliphatic carboxylic acids is 1. The highest BCUT2D eigenvalue weighted by atomic mass is 16.4. The van der Waals surface area contributed by atoms with E-state index in [0.717, 1.165) is 11.3 Å². The van der Waals surface area contributed by atoms with Gasteiger partial charge in [0.25, 0.3) is 11.7 Å². The zero-order valence-corrected chi connectivity index (χ0v) is 22.6. The molecular weight excluding hydrogens is 510 g/mol. The summed E-state index contributed by atoms with van der Waals surface area (Å²) < 4.78 is 0. The van der Waals surface area contributed by atoms with Crippen molar-refractivity contribution in [2.75, 3.05) is 31.5 Å². The third-order valence-electron chi connectivity index (χ3n) is 7.13. The third-order valence-corrected chi connectivity index (χ3v) is 7.13. The number of para-hydroxylation sites is 1. The Morgan fingerprint density at radius 1 is 1.02 bits per heavy atom. The van der Waals surface area contributed by atoms with Gasteiger partial charge in [-0.2, -0.15) is 0 Å². The second kappa shape index (κ2) is 13.0. The number of Topliss-reactive ketones (excluding diaryl/α,β-unsaturated/α-hetero) is 1. The number of hydrogen-bond acceptors (Lipinski definition) is 5. The number of aromatic amines is 1.